The summed E-state index contributed by atoms with van der Waals surface area (Å²) in [6.07, 6.45) is 0. The van der Waals surface area contributed by atoms with E-state index in [4.69, 9.17) is 14.2 Å². The summed E-state index contributed by atoms with van der Waals surface area (Å²) in [6.45, 7) is 4.65. The first-order chi connectivity index (χ1) is 12.8. The van der Waals surface area contributed by atoms with Crippen LogP contribution in [-0.4, -0.2) is 31.2 Å². The Balaban J connectivity index is 1.62. The Bertz CT molecular complexity index is 921. The lowest BCUT2D eigenvalue weighted by Gasteiger charge is -2.09. The van der Waals surface area contributed by atoms with Gasteiger partial charge in [0.15, 0.2) is 18.1 Å². The van der Waals surface area contributed by atoms with Crippen LogP contribution in [-0.2, 0) is 14.3 Å². The molecule has 2 aromatic rings. The van der Waals surface area contributed by atoms with Gasteiger partial charge < -0.3 is 24.8 Å². The van der Waals surface area contributed by atoms with E-state index >= 15 is 0 Å². The number of ether oxygens (including phenoxy) is 3. The van der Waals surface area contributed by atoms with Crippen LogP contribution in [0.15, 0.2) is 18.2 Å². The van der Waals surface area contributed by atoms with Crippen LogP contribution in [0.5, 0.6) is 11.5 Å². The predicted molar refractivity (Wildman–Crippen MR) is 99.6 cm³/mol. The van der Waals surface area contributed by atoms with Crippen LogP contribution in [0.1, 0.15) is 27.7 Å². The topological polar surface area (TPSA) is 103 Å². The van der Waals surface area contributed by atoms with Crippen molar-refractivity contribution in [3.05, 3.63) is 34.2 Å². The van der Waals surface area contributed by atoms with Gasteiger partial charge in [-0.1, -0.05) is 0 Å². The Hall–Kier alpha value is -3.07. The molecule has 0 atom stereocenters. The largest absolute Gasteiger partial charge is 0.454 e. The number of hydrogen-bond acceptors (Lipinski definition) is 7. The molecule has 1 aromatic heterocycles. The Labute approximate surface area is 159 Å². The fraction of sp³-hybridized carbons (Fsp3) is 0.278. The smallest absolute Gasteiger partial charge is 0.341 e. The van der Waals surface area contributed by atoms with Crippen molar-refractivity contribution < 1.29 is 28.6 Å². The fourth-order valence-electron chi connectivity index (χ4n) is 2.50. The zero-order valence-corrected chi connectivity index (χ0v) is 15.8. The fourth-order valence-corrected chi connectivity index (χ4v) is 3.59. The molecule has 8 nitrogen and oxygen atoms in total. The van der Waals surface area contributed by atoms with Gasteiger partial charge in [0.05, 0.1) is 5.56 Å². The average molecular weight is 390 g/mol. The SMILES string of the molecule is CC(=O)Nc1sc(C)c(C)c1C(=O)OCC(=O)Nc1ccc2c(c1)OCO2. The van der Waals surface area contributed by atoms with Crippen LogP contribution in [0.25, 0.3) is 0 Å². The molecule has 142 valence electrons. The van der Waals surface area contributed by atoms with Crippen molar-refractivity contribution in [1.82, 2.24) is 0 Å². The zero-order chi connectivity index (χ0) is 19.6. The third kappa shape index (κ3) is 4.20. The number of benzene rings is 1. The lowest BCUT2D eigenvalue weighted by Crippen LogP contribution is -2.21. The number of carbonyl (C=O) groups is 3. The number of thiophene rings is 1. The van der Waals surface area contributed by atoms with E-state index in [0.717, 1.165) is 4.88 Å². The van der Waals surface area contributed by atoms with Crippen molar-refractivity contribution >= 4 is 39.8 Å². The molecule has 0 bridgehead atoms. The number of amides is 2. The highest BCUT2D eigenvalue weighted by molar-refractivity contribution is 7.16. The van der Waals surface area contributed by atoms with E-state index in [1.807, 2.05) is 6.92 Å². The molecular weight excluding hydrogens is 372 g/mol. The number of fused-ring (bicyclic) bond motifs is 1. The first-order valence-corrected chi connectivity index (χ1v) is 8.91. The van der Waals surface area contributed by atoms with Gasteiger partial charge in [-0.2, -0.15) is 0 Å². The molecule has 3 rings (SSSR count). The first kappa shape index (κ1) is 18.7. The van der Waals surface area contributed by atoms with Crippen molar-refractivity contribution in [3.8, 4) is 11.5 Å². The molecular formula is C18H18N2O6S. The Kier molecular flexibility index (Phi) is 5.31. The molecule has 2 N–H and O–H groups in total. The maximum Gasteiger partial charge on any atom is 0.341 e. The van der Waals surface area contributed by atoms with Crippen LogP contribution in [0, 0.1) is 13.8 Å². The summed E-state index contributed by atoms with van der Waals surface area (Å²) < 4.78 is 15.6. The normalized spacial score (nSPS) is 11.8. The van der Waals surface area contributed by atoms with Crippen molar-refractivity contribution in [3.63, 3.8) is 0 Å². The van der Waals surface area contributed by atoms with E-state index in [-0.39, 0.29) is 18.3 Å². The summed E-state index contributed by atoms with van der Waals surface area (Å²) in [6, 6.07) is 4.97. The highest BCUT2D eigenvalue weighted by Gasteiger charge is 2.22. The Morgan fingerprint density at radius 3 is 2.63 bits per heavy atom. The number of hydrogen-bond donors (Lipinski definition) is 2. The highest BCUT2D eigenvalue weighted by atomic mass is 32.1. The van der Waals surface area contributed by atoms with Gasteiger partial charge in [-0.3, -0.25) is 9.59 Å². The van der Waals surface area contributed by atoms with E-state index < -0.39 is 18.5 Å². The molecule has 27 heavy (non-hydrogen) atoms. The number of carbonyl (C=O) groups excluding carboxylic acids is 3. The number of esters is 1. The molecule has 0 unspecified atom stereocenters. The maximum absolute atomic E-state index is 12.4. The van der Waals surface area contributed by atoms with Crippen molar-refractivity contribution in [2.24, 2.45) is 0 Å². The molecule has 1 aliphatic heterocycles. The Morgan fingerprint density at radius 1 is 1.15 bits per heavy atom. The van der Waals surface area contributed by atoms with Gasteiger partial charge in [0, 0.05) is 23.6 Å². The molecule has 9 heteroatoms. The molecule has 0 saturated heterocycles. The molecule has 2 heterocycles. The molecule has 0 saturated carbocycles. The summed E-state index contributed by atoms with van der Waals surface area (Å²) in [5, 5.41) is 5.66. The minimum atomic E-state index is -0.665. The third-order valence-electron chi connectivity index (χ3n) is 3.87. The molecule has 0 spiro atoms. The van der Waals surface area contributed by atoms with Crippen molar-refractivity contribution in [2.75, 3.05) is 24.0 Å². The zero-order valence-electron chi connectivity index (χ0n) is 15.0. The van der Waals surface area contributed by atoms with Gasteiger partial charge in [-0.15, -0.1) is 11.3 Å². The summed E-state index contributed by atoms with van der Waals surface area (Å²) in [7, 11) is 0. The molecule has 1 aromatic carbocycles. The highest BCUT2D eigenvalue weighted by Crippen LogP contribution is 2.34. The van der Waals surface area contributed by atoms with Crippen molar-refractivity contribution in [1.29, 1.82) is 0 Å². The van der Waals surface area contributed by atoms with Crippen LogP contribution in [0.3, 0.4) is 0 Å². The molecule has 1 aliphatic rings. The number of anilines is 2. The quantitative estimate of drug-likeness (QED) is 0.761. The van der Waals surface area contributed by atoms with E-state index in [0.29, 0.717) is 27.8 Å². The molecule has 2 amide bonds. The second-order valence-electron chi connectivity index (χ2n) is 5.86. The summed E-state index contributed by atoms with van der Waals surface area (Å²) in [5.74, 6) is -0.303. The van der Waals surface area contributed by atoms with Gasteiger partial charge in [0.2, 0.25) is 12.7 Å². The van der Waals surface area contributed by atoms with Gasteiger partial charge in [0.25, 0.3) is 5.91 Å². The Morgan fingerprint density at radius 2 is 1.89 bits per heavy atom. The van der Waals surface area contributed by atoms with Crippen molar-refractivity contribution in [2.45, 2.75) is 20.8 Å². The van der Waals surface area contributed by atoms with E-state index in [1.54, 1.807) is 25.1 Å². The first-order valence-electron chi connectivity index (χ1n) is 8.09. The lowest BCUT2D eigenvalue weighted by atomic mass is 10.1. The van der Waals surface area contributed by atoms with Gasteiger partial charge in [0.1, 0.15) is 5.00 Å². The predicted octanol–water partition coefficient (Wildman–Crippen LogP) is 2.85. The van der Waals surface area contributed by atoms with Gasteiger partial charge >= 0.3 is 5.97 Å². The lowest BCUT2D eigenvalue weighted by molar-refractivity contribution is -0.119. The number of aryl methyl sites for hydroxylation is 1. The monoisotopic (exact) mass is 390 g/mol. The van der Waals surface area contributed by atoms with E-state index in [1.165, 1.54) is 18.3 Å². The second-order valence-corrected chi connectivity index (χ2v) is 7.09. The summed E-state index contributed by atoms with van der Waals surface area (Å²) in [4.78, 5) is 36.7. The van der Waals surface area contributed by atoms with E-state index in [9.17, 15) is 14.4 Å². The molecule has 0 fully saturated rings. The van der Waals surface area contributed by atoms with Crippen LogP contribution >= 0.6 is 11.3 Å². The molecule has 0 radical (unpaired) electrons. The summed E-state index contributed by atoms with van der Waals surface area (Å²) in [5.41, 5.74) is 1.48. The average Bonchev–Trinajstić information content (AvgIpc) is 3.17. The van der Waals surface area contributed by atoms with E-state index in [2.05, 4.69) is 10.6 Å². The van der Waals surface area contributed by atoms with Gasteiger partial charge in [-0.25, -0.2) is 4.79 Å². The van der Waals surface area contributed by atoms with Crippen LogP contribution < -0.4 is 20.1 Å². The van der Waals surface area contributed by atoms with Crippen LogP contribution in [0.4, 0.5) is 10.7 Å². The summed E-state index contributed by atoms with van der Waals surface area (Å²) >= 11 is 1.29. The van der Waals surface area contributed by atoms with Gasteiger partial charge in [-0.05, 0) is 31.5 Å². The second kappa shape index (κ2) is 7.67. The third-order valence-corrected chi connectivity index (χ3v) is 4.99. The standard InChI is InChI=1S/C18H18N2O6S/c1-9-10(2)27-17(19-11(3)21)16(9)18(23)24-7-15(22)20-12-4-5-13-14(6-12)26-8-25-13/h4-6H,7-8H2,1-3H3,(H,19,21)(H,20,22). The molecule has 0 aliphatic carbocycles. The minimum absolute atomic E-state index is 0.139. The minimum Gasteiger partial charge on any atom is -0.454 e. The number of rotatable bonds is 5. The van der Waals surface area contributed by atoms with Crippen LogP contribution in [0.2, 0.25) is 0 Å². The number of nitrogens with one attached hydrogen (secondary N) is 2. The maximum atomic E-state index is 12.4.